The summed E-state index contributed by atoms with van der Waals surface area (Å²) >= 11 is 0. The van der Waals surface area contributed by atoms with Gasteiger partial charge in [-0.3, -0.25) is 4.79 Å². The predicted octanol–water partition coefficient (Wildman–Crippen LogP) is 5.61. The van der Waals surface area contributed by atoms with Crippen LogP contribution in [0.5, 0.6) is 0 Å². The molecule has 0 saturated carbocycles. The Labute approximate surface area is 196 Å². The Kier molecular flexibility index (Phi) is 5.24. The van der Waals surface area contributed by atoms with E-state index in [1.54, 1.807) is 12.1 Å². The number of benzene rings is 3. The first-order valence-electron chi connectivity index (χ1n) is 11.0. The molecular formula is C27H24FN5O. The van der Waals surface area contributed by atoms with Gasteiger partial charge in [0.05, 0.1) is 22.8 Å². The fourth-order valence-electron chi connectivity index (χ4n) is 4.56. The van der Waals surface area contributed by atoms with Gasteiger partial charge in [0.2, 0.25) is 5.91 Å². The number of anilines is 2. The zero-order valence-electron chi connectivity index (χ0n) is 19.2. The first-order chi connectivity index (χ1) is 16.3. The number of rotatable bonds is 5. The van der Waals surface area contributed by atoms with Crippen molar-refractivity contribution < 1.29 is 9.18 Å². The highest BCUT2D eigenvalue weighted by Crippen LogP contribution is 2.38. The number of H-pyrrole nitrogens is 1. The van der Waals surface area contributed by atoms with E-state index in [1.165, 1.54) is 12.4 Å². The summed E-state index contributed by atoms with van der Waals surface area (Å²) in [4.78, 5) is 23.5. The third-order valence-corrected chi connectivity index (χ3v) is 6.40. The Morgan fingerprint density at radius 3 is 2.56 bits per heavy atom. The number of carbonyl (C=O) groups excluding carboxylic acids is 1. The van der Waals surface area contributed by atoms with Crippen molar-refractivity contribution in [3.8, 4) is 11.1 Å². The van der Waals surface area contributed by atoms with E-state index in [4.69, 9.17) is 5.73 Å². The molecule has 0 aliphatic heterocycles. The van der Waals surface area contributed by atoms with E-state index in [1.807, 2.05) is 38.1 Å². The highest BCUT2D eigenvalue weighted by atomic mass is 19.1. The number of aryl methyl sites for hydroxylation is 2. The number of nitrogens with two attached hydrogens (primary N) is 1. The van der Waals surface area contributed by atoms with Crippen LogP contribution in [-0.2, 0) is 11.2 Å². The molecule has 2 heterocycles. The summed E-state index contributed by atoms with van der Waals surface area (Å²) in [6, 6.07) is 14.7. The molecule has 0 radical (unpaired) electrons. The third-order valence-electron chi connectivity index (χ3n) is 6.40. The second kappa shape index (κ2) is 8.26. The molecule has 2 aromatic heterocycles. The molecule has 5 aromatic rings. The number of aromatic amines is 1. The molecule has 5 rings (SSSR count). The normalized spacial score (nSPS) is 11.3. The molecule has 1 amide bonds. The van der Waals surface area contributed by atoms with E-state index in [-0.39, 0.29) is 18.1 Å². The number of fused-ring (bicyclic) bond motifs is 2. The van der Waals surface area contributed by atoms with Crippen LogP contribution in [0.4, 0.5) is 15.9 Å². The Morgan fingerprint density at radius 2 is 1.76 bits per heavy atom. The summed E-state index contributed by atoms with van der Waals surface area (Å²) in [6.45, 7) is 6.11. The second-order valence-electron chi connectivity index (χ2n) is 8.50. The molecule has 7 heteroatoms. The van der Waals surface area contributed by atoms with Crippen molar-refractivity contribution in [2.45, 2.75) is 27.2 Å². The molecule has 0 fully saturated rings. The first kappa shape index (κ1) is 21.6. The molecule has 0 atom stereocenters. The van der Waals surface area contributed by atoms with E-state index in [2.05, 4.69) is 33.3 Å². The van der Waals surface area contributed by atoms with Crippen molar-refractivity contribution in [1.82, 2.24) is 15.0 Å². The summed E-state index contributed by atoms with van der Waals surface area (Å²) in [5.41, 5.74) is 13.9. The largest absolute Gasteiger partial charge is 0.369 e. The van der Waals surface area contributed by atoms with Crippen molar-refractivity contribution in [1.29, 1.82) is 0 Å². The lowest BCUT2D eigenvalue weighted by atomic mass is 9.92. The molecule has 3 aromatic carbocycles. The smallest absolute Gasteiger partial charge is 0.221 e. The summed E-state index contributed by atoms with van der Waals surface area (Å²) < 4.78 is 14.6. The zero-order valence-corrected chi connectivity index (χ0v) is 19.2. The van der Waals surface area contributed by atoms with Crippen molar-refractivity contribution in [3.63, 3.8) is 0 Å². The number of hydrogen-bond donors (Lipinski definition) is 3. The van der Waals surface area contributed by atoms with E-state index in [9.17, 15) is 9.18 Å². The lowest BCUT2D eigenvalue weighted by Crippen LogP contribution is -2.13. The van der Waals surface area contributed by atoms with Gasteiger partial charge in [0.1, 0.15) is 18.0 Å². The van der Waals surface area contributed by atoms with Crippen molar-refractivity contribution in [2.75, 3.05) is 5.32 Å². The monoisotopic (exact) mass is 453 g/mol. The van der Waals surface area contributed by atoms with Crippen LogP contribution in [0.25, 0.3) is 32.9 Å². The summed E-state index contributed by atoms with van der Waals surface area (Å²) in [7, 11) is 0. The van der Waals surface area contributed by atoms with Gasteiger partial charge in [-0.25, -0.2) is 14.4 Å². The van der Waals surface area contributed by atoms with E-state index >= 15 is 0 Å². The number of primary amides is 1. The second-order valence-corrected chi connectivity index (χ2v) is 8.50. The fourth-order valence-corrected chi connectivity index (χ4v) is 4.56. The Bertz CT molecular complexity index is 1580. The average molecular weight is 454 g/mol. The van der Waals surface area contributed by atoms with Gasteiger partial charge >= 0.3 is 0 Å². The van der Waals surface area contributed by atoms with Gasteiger partial charge in [-0.1, -0.05) is 30.3 Å². The minimum atomic E-state index is -0.375. The molecule has 0 unspecified atom stereocenters. The SMILES string of the molecule is Cc1[nH]c2c(CC(N)=O)ccc(-c3cccc(Nc4ncnc5cccc(F)c45)c3C)c2c1C. The molecular weight excluding hydrogens is 429 g/mol. The highest BCUT2D eigenvalue weighted by Gasteiger charge is 2.18. The summed E-state index contributed by atoms with van der Waals surface area (Å²) in [5.74, 6) is -0.329. The topological polar surface area (TPSA) is 96.7 Å². The van der Waals surface area contributed by atoms with E-state index < -0.39 is 0 Å². The van der Waals surface area contributed by atoms with Crippen molar-refractivity contribution in [3.05, 3.63) is 83.1 Å². The Morgan fingerprint density at radius 1 is 0.971 bits per heavy atom. The number of halogens is 1. The molecule has 6 nitrogen and oxygen atoms in total. The zero-order chi connectivity index (χ0) is 24.0. The predicted molar refractivity (Wildman–Crippen MR) is 134 cm³/mol. The van der Waals surface area contributed by atoms with Crippen molar-refractivity contribution in [2.24, 2.45) is 5.73 Å². The summed E-state index contributed by atoms with van der Waals surface area (Å²) in [5, 5.41) is 4.73. The molecule has 4 N–H and O–H groups in total. The van der Waals surface area contributed by atoms with Gasteiger partial charge in [0, 0.05) is 16.8 Å². The Balaban J connectivity index is 1.66. The molecule has 0 aliphatic rings. The van der Waals surface area contributed by atoms with E-state index in [0.29, 0.717) is 16.7 Å². The minimum Gasteiger partial charge on any atom is -0.369 e. The number of aromatic nitrogens is 3. The van der Waals surface area contributed by atoms with Crippen LogP contribution >= 0.6 is 0 Å². The highest BCUT2D eigenvalue weighted by molar-refractivity contribution is 6.02. The van der Waals surface area contributed by atoms with Gasteiger partial charge < -0.3 is 16.0 Å². The Hall–Kier alpha value is -4.26. The van der Waals surface area contributed by atoms with Crippen LogP contribution in [0.3, 0.4) is 0 Å². The van der Waals surface area contributed by atoms with Crippen LogP contribution in [0.2, 0.25) is 0 Å². The molecule has 0 saturated heterocycles. The van der Waals surface area contributed by atoms with Crippen LogP contribution in [0, 0.1) is 26.6 Å². The summed E-state index contributed by atoms with van der Waals surface area (Å²) in [6.07, 6.45) is 1.60. The van der Waals surface area contributed by atoms with E-state index in [0.717, 1.165) is 50.1 Å². The number of hydrogen-bond acceptors (Lipinski definition) is 4. The van der Waals surface area contributed by atoms with Gasteiger partial charge in [0.15, 0.2) is 0 Å². The van der Waals surface area contributed by atoms with Crippen LogP contribution < -0.4 is 11.1 Å². The first-order valence-corrected chi connectivity index (χ1v) is 11.0. The quantitative estimate of drug-likeness (QED) is 0.322. The third kappa shape index (κ3) is 3.55. The maximum Gasteiger partial charge on any atom is 0.221 e. The maximum atomic E-state index is 14.6. The van der Waals surface area contributed by atoms with Crippen LogP contribution in [0.1, 0.15) is 22.4 Å². The van der Waals surface area contributed by atoms with Gasteiger partial charge in [-0.05, 0) is 66.8 Å². The molecule has 170 valence electrons. The van der Waals surface area contributed by atoms with Crippen molar-refractivity contribution >= 4 is 39.2 Å². The lowest BCUT2D eigenvalue weighted by molar-refractivity contribution is -0.117. The van der Waals surface area contributed by atoms with Crippen LogP contribution in [-0.4, -0.2) is 20.9 Å². The molecule has 0 bridgehead atoms. The number of nitrogens with one attached hydrogen (secondary N) is 2. The average Bonchev–Trinajstić information content (AvgIpc) is 3.11. The molecule has 0 aliphatic carbocycles. The van der Waals surface area contributed by atoms with Crippen LogP contribution in [0.15, 0.2) is 54.9 Å². The van der Waals surface area contributed by atoms with Gasteiger partial charge in [0.25, 0.3) is 0 Å². The number of nitrogens with zero attached hydrogens (tertiary/aromatic N) is 2. The maximum absolute atomic E-state index is 14.6. The molecule has 34 heavy (non-hydrogen) atoms. The minimum absolute atomic E-state index is 0.170. The van der Waals surface area contributed by atoms with Gasteiger partial charge in [-0.2, -0.15) is 0 Å². The number of amides is 1. The molecule has 0 spiro atoms. The number of carbonyl (C=O) groups is 1. The fraction of sp³-hybridized carbons (Fsp3) is 0.148. The standard InChI is InChI=1S/C27H24FN5O/c1-14-16(3)32-26-17(12-23(29)34)10-11-19(24(14)26)18-6-4-8-21(15(18)2)33-27-25-20(28)7-5-9-22(25)30-13-31-27/h4-11,13,32H,12H2,1-3H3,(H2,29,34)(H,30,31,33). The van der Waals surface area contributed by atoms with Gasteiger partial charge in [-0.15, -0.1) is 0 Å². The lowest BCUT2D eigenvalue weighted by Gasteiger charge is -2.16.